The summed E-state index contributed by atoms with van der Waals surface area (Å²) in [6.07, 6.45) is 4.06. The van der Waals surface area contributed by atoms with Crippen LogP contribution >= 0.6 is 0 Å². The monoisotopic (exact) mass is 293 g/mol. The molecule has 1 aliphatic heterocycles. The van der Waals surface area contributed by atoms with Gasteiger partial charge in [-0.25, -0.2) is 14.4 Å². The molecule has 0 aliphatic carbocycles. The number of aliphatic hydroxyl groups excluding tert-OH is 1. The number of nitrogens with zero attached hydrogens (tertiary/aromatic N) is 3. The molecule has 0 spiro atoms. The minimum absolute atomic E-state index is 0.0156. The summed E-state index contributed by atoms with van der Waals surface area (Å²) in [6, 6.07) is 0. The Bertz CT molecular complexity index is 787. The predicted octanol–water partition coefficient (Wildman–Crippen LogP) is -0.203. The molecular formula is C13H13FN4O3. The van der Waals surface area contributed by atoms with Crippen LogP contribution in [-0.2, 0) is 4.74 Å². The van der Waals surface area contributed by atoms with Crippen molar-refractivity contribution in [1.82, 2.24) is 14.5 Å². The molecular weight excluding hydrogens is 279 g/mol. The van der Waals surface area contributed by atoms with Crippen LogP contribution in [0.3, 0.4) is 0 Å². The first-order valence-corrected chi connectivity index (χ1v) is 6.10. The summed E-state index contributed by atoms with van der Waals surface area (Å²) in [5.41, 5.74) is 3.87. The van der Waals surface area contributed by atoms with E-state index >= 15 is 0 Å². The average molecular weight is 293 g/mol. The Hall–Kier alpha value is -2.21. The van der Waals surface area contributed by atoms with E-state index in [1.807, 2.05) is 0 Å². The molecule has 0 radical (unpaired) electrons. The fraction of sp³-hybridized carbons (Fsp3) is 0.385. The fourth-order valence-corrected chi connectivity index (χ4v) is 2.40. The first-order chi connectivity index (χ1) is 10.3. The van der Waals surface area contributed by atoms with Crippen LogP contribution in [-0.4, -0.2) is 43.0 Å². The smallest absolute Gasteiger partial charge is 0.179 e. The maximum Gasteiger partial charge on any atom is 0.179 e. The number of nitrogens with two attached hydrogens (primary N) is 1. The summed E-state index contributed by atoms with van der Waals surface area (Å²) in [5, 5.41) is 19.6. The zero-order valence-corrected chi connectivity index (χ0v) is 10.8. The Morgan fingerprint density at radius 3 is 3.10 bits per heavy atom. The van der Waals surface area contributed by atoms with Gasteiger partial charge in [-0.05, 0) is 0 Å². The van der Waals surface area contributed by atoms with Crippen LogP contribution in [0.1, 0.15) is 14.0 Å². The zero-order valence-electron chi connectivity index (χ0n) is 11.8. The molecule has 1 saturated heterocycles. The first kappa shape index (κ1) is 12.5. The standard InChI is InChI=1S/C13H13FN4O3/c1-2-13(5-19)8(20)3-9(21-13)18-4-7(14)10-11(15)16-6-17-12(10)18/h1,4,6,8-9,19-20H,3,5H2,(H2,15,16,17)/t8-,9-,13-/m1/s1/i8D. The second-order valence-corrected chi connectivity index (χ2v) is 4.69. The molecule has 1 aliphatic rings. The number of terminal acetylenes is 1. The summed E-state index contributed by atoms with van der Waals surface area (Å²) in [6.45, 7) is -0.751. The van der Waals surface area contributed by atoms with Crippen molar-refractivity contribution in [2.75, 3.05) is 12.3 Å². The van der Waals surface area contributed by atoms with Crippen molar-refractivity contribution < 1.29 is 20.7 Å². The van der Waals surface area contributed by atoms with Crippen LogP contribution in [0.2, 0.25) is 0 Å². The van der Waals surface area contributed by atoms with E-state index in [-0.39, 0.29) is 23.3 Å². The largest absolute Gasteiger partial charge is 0.392 e. The molecule has 0 bridgehead atoms. The minimum Gasteiger partial charge on any atom is -0.392 e. The van der Waals surface area contributed by atoms with E-state index in [9.17, 15) is 14.6 Å². The van der Waals surface area contributed by atoms with Crippen LogP contribution in [0.15, 0.2) is 12.5 Å². The second-order valence-electron chi connectivity index (χ2n) is 4.69. The van der Waals surface area contributed by atoms with Gasteiger partial charge in [-0.15, -0.1) is 6.42 Å². The normalized spacial score (nSPS) is 33.0. The lowest BCUT2D eigenvalue weighted by Gasteiger charge is -2.23. The number of ether oxygens (including phenoxy) is 1. The van der Waals surface area contributed by atoms with Gasteiger partial charge in [0.2, 0.25) is 0 Å². The molecule has 3 atom stereocenters. The van der Waals surface area contributed by atoms with E-state index in [0.29, 0.717) is 0 Å². The lowest BCUT2D eigenvalue weighted by molar-refractivity contribution is -0.0891. The Labute approximate surface area is 120 Å². The fourth-order valence-electron chi connectivity index (χ4n) is 2.40. The Kier molecular flexibility index (Phi) is 2.78. The second kappa shape index (κ2) is 4.66. The summed E-state index contributed by atoms with van der Waals surface area (Å²) >= 11 is 0. The van der Waals surface area contributed by atoms with Gasteiger partial charge in [-0.1, -0.05) is 5.92 Å². The van der Waals surface area contributed by atoms with E-state index in [0.717, 1.165) is 12.5 Å². The molecule has 0 unspecified atom stereocenters. The summed E-state index contributed by atoms with van der Waals surface area (Å²) in [7, 11) is 0. The van der Waals surface area contributed by atoms with E-state index in [4.69, 9.17) is 18.3 Å². The molecule has 2 aromatic rings. The van der Waals surface area contributed by atoms with Crippen molar-refractivity contribution in [2.24, 2.45) is 0 Å². The molecule has 3 rings (SSSR count). The quantitative estimate of drug-likeness (QED) is 0.662. The van der Waals surface area contributed by atoms with Crippen LogP contribution in [0.5, 0.6) is 0 Å². The third-order valence-electron chi connectivity index (χ3n) is 3.53. The van der Waals surface area contributed by atoms with Crippen molar-refractivity contribution in [3.8, 4) is 12.3 Å². The molecule has 2 aromatic heterocycles. The lowest BCUT2D eigenvalue weighted by Crippen LogP contribution is -2.41. The highest BCUT2D eigenvalue weighted by Gasteiger charge is 2.47. The maximum atomic E-state index is 14.0. The topological polar surface area (TPSA) is 106 Å². The number of anilines is 1. The zero-order chi connectivity index (χ0) is 16.1. The molecule has 110 valence electrons. The number of rotatable bonds is 2. The van der Waals surface area contributed by atoms with Gasteiger partial charge in [0, 0.05) is 12.6 Å². The van der Waals surface area contributed by atoms with Crippen LogP contribution in [0.4, 0.5) is 10.2 Å². The van der Waals surface area contributed by atoms with Gasteiger partial charge in [0.25, 0.3) is 0 Å². The molecule has 0 aromatic carbocycles. The number of halogens is 1. The average Bonchev–Trinajstić information content (AvgIpc) is 2.94. The van der Waals surface area contributed by atoms with Gasteiger partial charge < -0.3 is 25.3 Å². The third-order valence-corrected chi connectivity index (χ3v) is 3.53. The molecule has 8 heteroatoms. The highest BCUT2D eigenvalue weighted by atomic mass is 19.1. The van der Waals surface area contributed by atoms with Crippen molar-refractivity contribution in [2.45, 2.75) is 24.3 Å². The van der Waals surface area contributed by atoms with Gasteiger partial charge in [0.1, 0.15) is 24.5 Å². The minimum atomic E-state index is -2.23. The molecule has 3 heterocycles. The van der Waals surface area contributed by atoms with Gasteiger partial charge in [-0.3, -0.25) is 0 Å². The van der Waals surface area contributed by atoms with Crippen LogP contribution in [0.25, 0.3) is 11.0 Å². The van der Waals surface area contributed by atoms with Gasteiger partial charge in [-0.2, -0.15) is 0 Å². The molecule has 21 heavy (non-hydrogen) atoms. The Morgan fingerprint density at radius 1 is 1.71 bits per heavy atom. The van der Waals surface area contributed by atoms with Gasteiger partial charge in [0.15, 0.2) is 17.1 Å². The van der Waals surface area contributed by atoms with E-state index < -0.39 is 30.3 Å². The van der Waals surface area contributed by atoms with Crippen molar-refractivity contribution >= 4 is 16.9 Å². The number of aliphatic hydroxyl groups is 2. The summed E-state index contributed by atoms with van der Waals surface area (Å²) in [4.78, 5) is 7.66. The highest BCUT2D eigenvalue weighted by Crippen LogP contribution is 2.38. The molecule has 4 N–H and O–H groups in total. The molecule has 0 saturated carbocycles. The van der Waals surface area contributed by atoms with E-state index in [1.54, 1.807) is 0 Å². The SMILES string of the molecule is [2H][C@@]1(O)C[C@H](n2cc(F)c3c(N)ncnc32)O[C@]1(C#C)CO. The number of hydrogen-bond acceptors (Lipinski definition) is 6. The lowest BCUT2D eigenvalue weighted by atomic mass is 9.99. The summed E-state index contributed by atoms with van der Waals surface area (Å²) < 4.78 is 28.7. The van der Waals surface area contributed by atoms with Crippen LogP contribution in [0, 0.1) is 18.2 Å². The van der Waals surface area contributed by atoms with E-state index in [1.165, 1.54) is 4.57 Å². The van der Waals surface area contributed by atoms with E-state index in [2.05, 4.69) is 15.9 Å². The number of fused-ring (bicyclic) bond motifs is 1. The number of nitrogen functional groups attached to an aromatic ring is 1. The highest BCUT2D eigenvalue weighted by molar-refractivity contribution is 5.86. The molecule has 1 fully saturated rings. The van der Waals surface area contributed by atoms with Crippen molar-refractivity contribution in [3.63, 3.8) is 0 Å². The Morgan fingerprint density at radius 2 is 2.48 bits per heavy atom. The van der Waals surface area contributed by atoms with Gasteiger partial charge in [0.05, 0.1) is 13.4 Å². The molecule has 7 nitrogen and oxygen atoms in total. The van der Waals surface area contributed by atoms with Crippen molar-refractivity contribution in [1.29, 1.82) is 0 Å². The molecule has 0 amide bonds. The van der Waals surface area contributed by atoms with Crippen LogP contribution < -0.4 is 5.73 Å². The summed E-state index contributed by atoms with van der Waals surface area (Å²) in [5.74, 6) is 1.41. The number of aromatic nitrogens is 3. The number of hydrogen-bond donors (Lipinski definition) is 3. The Balaban J connectivity index is 2.12. The first-order valence-electron chi connectivity index (χ1n) is 6.60. The van der Waals surface area contributed by atoms with Gasteiger partial charge >= 0.3 is 0 Å². The third kappa shape index (κ3) is 1.86. The predicted molar refractivity (Wildman–Crippen MR) is 71.3 cm³/mol. The van der Waals surface area contributed by atoms with Crippen molar-refractivity contribution in [3.05, 3.63) is 18.3 Å². The maximum absolute atomic E-state index is 14.0.